The number of anilines is 1. The molecular weight excluding hydrogens is 614 g/mol. The Labute approximate surface area is 212 Å². The lowest BCUT2D eigenvalue weighted by atomic mass is 10.1. The summed E-state index contributed by atoms with van der Waals surface area (Å²) in [5.41, 5.74) is 2.14. The molecule has 4 nitrogen and oxygen atoms in total. The van der Waals surface area contributed by atoms with Crippen molar-refractivity contribution in [3.8, 4) is 11.8 Å². The minimum Gasteiger partial charge on any atom is -0.488 e. The Bertz CT molecular complexity index is 1190. The van der Waals surface area contributed by atoms with Gasteiger partial charge in [-0.05, 0) is 82.8 Å². The number of hydrogen-bond acceptors (Lipinski definition) is 3. The summed E-state index contributed by atoms with van der Waals surface area (Å²) >= 11 is 17.6. The van der Waals surface area contributed by atoms with Gasteiger partial charge in [0.05, 0.1) is 3.57 Å². The summed E-state index contributed by atoms with van der Waals surface area (Å²) in [6.07, 6.45) is 1.54. The highest BCUT2D eigenvalue weighted by molar-refractivity contribution is 14.1. The van der Waals surface area contributed by atoms with E-state index in [9.17, 15) is 10.1 Å². The smallest absolute Gasteiger partial charge is 0.266 e. The van der Waals surface area contributed by atoms with E-state index in [-0.39, 0.29) is 5.57 Å². The summed E-state index contributed by atoms with van der Waals surface area (Å²) in [5, 5.41) is 13.2. The zero-order valence-corrected chi connectivity index (χ0v) is 21.1. The number of ether oxygens (including phenoxy) is 1. The molecule has 0 heterocycles. The van der Waals surface area contributed by atoms with Crippen molar-refractivity contribution in [2.45, 2.75) is 6.61 Å². The molecule has 0 saturated carbocycles. The maximum Gasteiger partial charge on any atom is 0.266 e. The van der Waals surface area contributed by atoms with Gasteiger partial charge in [-0.2, -0.15) is 5.26 Å². The van der Waals surface area contributed by atoms with Crippen molar-refractivity contribution in [3.63, 3.8) is 0 Å². The maximum atomic E-state index is 12.4. The van der Waals surface area contributed by atoms with Gasteiger partial charge in [0.2, 0.25) is 0 Å². The number of carbonyl (C=O) groups excluding carboxylic acids is 1. The fourth-order valence-corrected chi connectivity index (χ4v) is 3.99. The van der Waals surface area contributed by atoms with Gasteiger partial charge in [-0.3, -0.25) is 4.79 Å². The predicted octanol–water partition coefficient (Wildman–Crippen LogP) is 7.49. The zero-order chi connectivity index (χ0) is 22.4. The molecule has 156 valence electrons. The Kier molecular flexibility index (Phi) is 8.38. The number of nitriles is 1. The van der Waals surface area contributed by atoms with Gasteiger partial charge in [-0.15, -0.1) is 0 Å². The van der Waals surface area contributed by atoms with Crippen LogP contribution in [0.25, 0.3) is 6.08 Å². The van der Waals surface area contributed by atoms with E-state index in [1.54, 1.807) is 36.4 Å². The molecule has 0 unspecified atom stereocenters. The van der Waals surface area contributed by atoms with Crippen molar-refractivity contribution >= 4 is 79.4 Å². The highest BCUT2D eigenvalue weighted by Gasteiger charge is 2.11. The van der Waals surface area contributed by atoms with Gasteiger partial charge >= 0.3 is 0 Å². The minimum atomic E-state index is -0.475. The quantitative estimate of drug-likeness (QED) is 0.175. The van der Waals surface area contributed by atoms with Crippen molar-refractivity contribution in [1.82, 2.24) is 0 Å². The van der Waals surface area contributed by atoms with Crippen LogP contribution in [-0.2, 0) is 11.4 Å². The van der Waals surface area contributed by atoms with Gasteiger partial charge in [0, 0.05) is 25.8 Å². The molecule has 0 aliphatic carbocycles. The summed E-state index contributed by atoms with van der Waals surface area (Å²) in [6.45, 7) is 0.292. The van der Waals surface area contributed by atoms with E-state index < -0.39 is 5.91 Å². The summed E-state index contributed by atoms with van der Waals surface area (Å²) in [5.74, 6) is 0.194. The second-order valence-corrected chi connectivity index (χ2v) is 9.27. The van der Waals surface area contributed by atoms with E-state index >= 15 is 0 Å². The van der Waals surface area contributed by atoms with Crippen LogP contribution in [0.2, 0.25) is 10.0 Å². The topological polar surface area (TPSA) is 62.1 Å². The number of rotatable bonds is 6. The summed E-state index contributed by atoms with van der Waals surface area (Å²) in [4.78, 5) is 12.4. The second-order valence-electron chi connectivity index (χ2n) is 6.35. The average molecular weight is 628 g/mol. The number of amides is 1. The molecular formula is C23H14BrCl2IN2O2. The van der Waals surface area contributed by atoms with E-state index in [4.69, 9.17) is 27.9 Å². The average Bonchev–Trinajstić information content (AvgIpc) is 2.74. The molecule has 0 aromatic heterocycles. The van der Waals surface area contributed by atoms with Crippen LogP contribution in [0.3, 0.4) is 0 Å². The third-order valence-electron chi connectivity index (χ3n) is 4.13. The fourth-order valence-electron chi connectivity index (χ4n) is 2.57. The predicted molar refractivity (Wildman–Crippen MR) is 136 cm³/mol. The van der Waals surface area contributed by atoms with E-state index in [0.717, 1.165) is 13.6 Å². The van der Waals surface area contributed by atoms with Crippen LogP contribution in [-0.4, -0.2) is 5.91 Å². The van der Waals surface area contributed by atoms with Gasteiger partial charge in [-0.25, -0.2) is 0 Å². The Morgan fingerprint density at radius 1 is 1.13 bits per heavy atom. The van der Waals surface area contributed by atoms with Crippen LogP contribution in [0.15, 0.2) is 70.7 Å². The first kappa shape index (κ1) is 23.6. The van der Waals surface area contributed by atoms with E-state index in [2.05, 4.69) is 43.8 Å². The van der Waals surface area contributed by atoms with Crippen LogP contribution >= 0.6 is 61.7 Å². The van der Waals surface area contributed by atoms with Crippen LogP contribution in [0.4, 0.5) is 5.69 Å². The molecule has 1 amide bonds. The first-order valence-corrected chi connectivity index (χ1v) is 11.5. The van der Waals surface area contributed by atoms with Crippen LogP contribution in [0, 0.1) is 14.9 Å². The maximum absolute atomic E-state index is 12.4. The van der Waals surface area contributed by atoms with Crippen molar-refractivity contribution in [2.75, 3.05) is 5.32 Å². The molecule has 3 aromatic carbocycles. The molecule has 0 atom stereocenters. The molecule has 8 heteroatoms. The number of nitrogens with one attached hydrogen (secondary N) is 1. The highest BCUT2D eigenvalue weighted by Crippen LogP contribution is 2.27. The largest absolute Gasteiger partial charge is 0.488 e. The Hall–Kier alpha value is -2.05. The number of halogens is 4. The minimum absolute atomic E-state index is 0.000309. The molecule has 3 aromatic rings. The normalized spacial score (nSPS) is 11.0. The first-order valence-electron chi connectivity index (χ1n) is 8.90. The number of carbonyl (C=O) groups is 1. The van der Waals surface area contributed by atoms with Gasteiger partial charge < -0.3 is 10.1 Å². The van der Waals surface area contributed by atoms with E-state index in [1.807, 2.05) is 30.3 Å². The van der Waals surface area contributed by atoms with E-state index in [0.29, 0.717) is 33.7 Å². The first-order chi connectivity index (χ1) is 14.9. The molecule has 0 spiro atoms. The molecule has 0 saturated heterocycles. The molecule has 0 radical (unpaired) electrons. The van der Waals surface area contributed by atoms with E-state index in [1.165, 1.54) is 6.08 Å². The van der Waals surface area contributed by atoms with Crippen molar-refractivity contribution in [1.29, 1.82) is 5.26 Å². The van der Waals surface area contributed by atoms with Gasteiger partial charge in [0.15, 0.2) is 0 Å². The lowest BCUT2D eigenvalue weighted by Gasteiger charge is -2.10. The summed E-state index contributed by atoms with van der Waals surface area (Å²) in [7, 11) is 0. The second kappa shape index (κ2) is 11.0. The molecule has 0 aliphatic rings. The summed E-state index contributed by atoms with van der Waals surface area (Å²) < 4.78 is 7.60. The van der Waals surface area contributed by atoms with Crippen LogP contribution in [0.5, 0.6) is 5.75 Å². The Morgan fingerprint density at radius 3 is 2.52 bits per heavy atom. The van der Waals surface area contributed by atoms with Crippen molar-refractivity contribution < 1.29 is 9.53 Å². The third-order valence-corrected chi connectivity index (χ3v) is 6.09. The molecule has 1 N–H and O–H groups in total. The van der Waals surface area contributed by atoms with Gasteiger partial charge in [0.25, 0.3) is 5.91 Å². The van der Waals surface area contributed by atoms with Crippen molar-refractivity contribution in [2.24, 2.45) is 0 Å². The fraction of sp³-hybridized carbons (Fsp3) is 0.0435. The van der Waals surface area contributed by atoms with Gasteiger partial charge in [0.1, 0.15) is 24.0 Å². The van der Waals surface area contributed by atoms with Crippen LogP contribution < -0.4 is 10.1 Å². The molecule has 3 rings (SSSR count). The van der Waals surface area contributed by atoms with Crippen molar-refractivity contribution in [3.05, 3.63) is 95.5 Å². The molecule has 0 aliphatic heterocycles. The molecule has 31 heavy (non-hydrogen) atoms. The Balaban J connectivity index is 1.71. The lowest BCUT2D eigenvalue weighted by Crippen LogP contribution is -2.13. The monoisotopic (exact) mass is 626 g/mol. The summed E-state index contributed by atoms with van der Waals surface area (Å²) in [6, 6.07) is 19.7. The van der Waals surface area contributed by atoms with Crippen LogP contribution in [0.1, 0.15) is 11.1 Å². The molecule has 0 fully saturated rings. The highest BCUT2D eigenvalue weighted by atomic mass is 127. The molecule has 0 bridgehead atoms. The van der Waals surface area contributed by atoms with Gasteiger partial charge in [-0.1, -0.05) is 51.3 Å². The number of nitrogens with zero attached hydrogens (tertiary/aromatic N) is 1. The number of benzene rings is 3. The zero-order valence-electron chi connectivity index (χ0n) is 15.8. The Morgan fingerprint density at radius 2 is 1.87 bits per heavy atom. The standard InChI is InChI=1S/C23H14BrCl2IN2O2/c24-17-3-6-19(7-4-17)29-23(30)16(12-28)9-14-1-8-22(21(27)10-14)31-13-15-2-5-18(25)11-20(15)26/h1-11H,13H2,(H,29,30)/b16-9-. The third kappa shape index (κ3) is 6.71. The number of hydrogen-bond donors (Lipinski definition) is 1. The SMILES string of the molecule is N#C/C(=C/c1ccc(OCc2ccc(Cl)cc2Cl)c(I)c1)C(=O)Nc1ccc(Br)cc1. The lowest BCUT2D eigenvalue weighted by molar-refractivity contribution is -0.112.